The number of hydrogen-bond donors (Lipinski definition) is 6. The first-order valence-corrected chi connectivity index (χ1v) is 8.17. The van der Waals surface area contributed by atoms with Gasteiger partial charge in [0.25, 0.3) is 5.56 Å². The van der Waals surface area contributed by atoms with Crippen molar-refractivity contribution in [2.45, 2.75) is 24.5 Å². The molecule has 13 nitrogen and oxygen atoms in total. The van der Waals surface area contributed by atoms with Gasteiger partial charge < -0.3 is 35.6 Å². The average molecular weight is 363 g/mol. The van der Waals surface area contributed by atoms with Crippen LogP contribution in [0.3, 0.4) is 0 Å². The predicted octanol–water partition coefficient (Wildman–Crippen LogP) is -3.27. The van der Waals surface area contributed by atoms with E-state index in [1.165, 1.54) is 0 Å². The van der Waals surface area contributed by atoms with Gasteiger partial charge in [0.05, 0.1) is 12.9 Å². The molecule has 0 unspecified atom stereocenters. The summed E-state index contributed by atoms with van der Waals surface area (Å²) in [6, 6.07) is 0. The molecule has 0 amide bonds. The second kappa shape index (κ2) is 5.60. The second-order valence-corrected chi connectivity index (χ2v) is 6.58. The van der Waals surface area contributed by atoms with E-state index in [2.05, 4.69) is 9.97 Å². The maximum Gasteiger partial charge on any atom is 0.439 e. The molecule has 4 atom stereocenters. The van der Waals surface area contributed by atoms with Gasteiger partial charge in [-0.25, -0.2) is 9.55 Å². The molecule has 0 aromatic carbocycles. The van der Waals surface area contributed by atoms with E-state index in [0.29, 0.717) is 0 Å². The van der Waals surface area contributed by atoms with Crippen LogP contribution in [0.5, 0.6) is 0 Å². The summed E-state index contributed by atoms with van der Waals surface area (Å²) in [7, 11) is -5.04. The van der Waals surface area contributed by atoms with E-state index < -0.39 is 55.9 Å². The summed E-state index contributed by atoms with van der Waals surface area (Å²) in [5, 5.41) is 28.9. The van der Waals surface area contributed by atoms with Gasteiger partial charge in [0.15, 0.2) is 17.4 Å². The number of fused-ring (bicyclic) bond motifs is 1. The number of hydrogen-bond acceptors (Lipinski definition) is 9. The molecule has 0 bridgehead atoms. The Kier molecular flexibility index (Phi) is 3.96. The van der Waals surface area contributed by atoms with Crippen molar-refractivity contribution < 1.29 is 34.4 Å². The van der Waals surface area contributed by atoms with Gasteiger partial charge in [0.2, 0.25) is 5.95 Å². The predicted molar refractivity (Wildman–Crippen MR) is 76.7 cm³/mol. The zero-order valence-corrected chi connectivity index (χ0v) is 12.8. The number of nitrogens with two attached hydrogens (primary N) is 1. The van der Waals surface area contributed by atoms with E-state index in [0.717, 1.165) is 10.9 Å². The molecule has 0 spiro atoms. The highest BCUT2D eigenvalue weighted by molar-refractivity contribution is 7.50. The molecule has 24 heavy (non-hydrogen) atoms. The van der Waals surface area contributed by atoms with Crippen LogP contribution < -0.4 is 11.3 Å². The van der Waals surface area contributed by atoms with Crippen molar-refractivity contribution in [3.05, 3.63) is 16.7 Å². The summed E-state index contributed by atoms with van der Waals surface area (Å²) in [5.41, 5.74) is 3.66. The molecule has 1 aliphatic heterocycles. The van der Waals surface area contributed by atoms with Crippen LogP contribution in [0.25, 0.3) is 11.2 Å². The first kappa shape index (κ1) is 17.0. The van der Waals surface area contributed by atoms with E-state index in [1.807, 2.05) is 0 Å². The Morgan fingerprint density at radius 2 is 2.00 bits per heavy atom. The molecule has 1 saturated heterocycles. The van der Waals surface area contributed by atoms with Crippen LogP contribution in [0.2, 0.25) is 0 Å². The van der Waals surface area contributed by atoms with Gasteiger partial charge in [-0.15, -0.1) is 0 Å². The molecule has 3 rings (SSSR count). The van der Waals surface area contributed by atoms with Crippen molar-refractivity contribution in [1.82, 2.24) is 18.9 Å². The van der Waals surface area contributed by atoms with Gasteiger partial charge in [0.1, 0.15) is 18.3 Å². The first-order chi connectivity index (χ1) is 11.2. The Labute approximate surface area is 132 Å². The highest BCUT2D eigenvalue weighted by Crippen LogP contribution is 2.37. The van der Waals surface area contributed by atoms with Crippen molar-refractivity contribution in [2.75, 3.05) is 12.3 Å². The molecule has 7 N–H and O–H groups in total. The van der Waals surface area contributed by atoms with Crippen LogP contribution in [0.4, 0.5) is 5.95 Å². The minimum absolute atomic E-state index is 0.00395. The smallest absolute Gasteiger partial charge is 0.394 e. The van der Waals surface area contributed by atoms with Crippen LogP contribution >= 0.6 is 7.75 Å². The first-order valence-electron chi connectivity index (χ1n) is 6.60. The molecule has 3 heterocycles. The maximum absolute atomic E-state index is 12.2. The fraction of sp³-hybridized carbons (Fsp3) is 0.500. The standard InChI is InChI=1S/C10H14N5O8P/c11-10-13-7-4(8(19)15(10)24(20,21)22)12-2-14(7)9-6(18)5(17)3(1-16)23-9/h2-3,5-6,9,16-18H,1H2,(H2,11,13)(H2,20,21,22)/t3-,5-,6-,9-/m1/s1. The van der Waals surface area contributed by atoms with E-state index in [1.54, 1.807) is 0 Å². The van der Waals surface area contributed by atoms with Crippen molar-refractivity contribution in [3.8, 4) is 0 Å². The van der Waals surface area contributed by atoms with Crippen LogP contribution in [-0.2, 0) is 9.30 Å². The largest absolute Gasteiger partial charge is 0.439 e. The van der Waals surface area contributed by atoms with E-state index >= 15 is 0 Å². The lowest BCUT2D eigenvalue weighted by Gasteiger charge is -2.17. The van der Waals surface area contributed by atoms with Gasteiger partial charge in [0, 0.05) is 0 Å². The normalized spacial score (nSPS) is 27.9. The van der Waals surface area contributed by atoms with Gasteiger partial charge in [-0.2, -0.15) is 9.32 Å². The maximum atomic E-state index is 12.2. The number of rotatable bonds is 3. The molecule has 14 heteroatoms. The van der Waals surface area contributed by atoms with Gasteiger partial charge in [-0.05, 0) is 0 Å². The highest BCUT2D eigenvalue weighted by atomic mass is 31.2. The van der Waals surface area contributed by atoms with E-state index in [4.69, 9.17) is 25.4 Å². The molecule has 0 aliphatic carbocycles. The van der Waals surface area contributed by atoms with Crippen molar-refractivity contribution >= 4 is 24.9 Å². The zero-order chi connectivity index (χ0) is 17.8. The minimum atomic E-state index is -5.04. The van der Waals surface area contributed by atoms with Crippen LogP contribution in [0.15, 0.2) is 11.1 Å². The number of nitrogen functional groups attached to an aromatic ring is 1. The molecular formula is C10H14N5O8P. The number of aromatic nitrogens is 4. The fourth-order valence-corrected chi connectivity index (χ4v) is 3.17. The van der Waals surface area contributed by atoms with Gasteiger partial charge >= 0.3 is 7.75 Å². The summed E-state index contributed by atoms with van der Waals surface area (Å²) in [6.45, 7) is -0.554. The van der Waals surface area contributed by atoms with Crippen LogP contribution in [0.1, 0.15) is 6.23 Å². The molecule has 1 aliphatic rings. The SMILES string of the molecule is Nc1nc2c(ncn2[C@@H]2O[C@H](CO)[C@@H](O)[C@H]2O)c(=O)n1P(=O)(O)O. The van der Waals surface area contributed by atoms with Crippen molar-refractivity contribution in [3.63, 3.8) is 0 Å². The summed E-state index contributed by atoms with van der Waals surface area (Å²) in [5.74, 6) is -0.755. The lowest BCUT2D eigenvalue weighted by molar-refractivity contribution is -0.0511. The molecular weight excluding hydrogens is 349 g/mol. The third-order valence-electron chi connectivity index (χ3n) is 3.65. The number of anilines is 1. The lowest BCUT2D eigenvalue weighted by atomic mass is 10.1. The quantitative estimate of drug-likeness (QED) is 0.298. The molecule has 0 saturated carbocycles. The number of imidazole rings is 1. The highest BCUT2D eigenvalue weighted by Gasteiger charge is 2.44. The van der Waals surface area contributed by atoms with Gasteiger partial charge in [-0.1, -0.05) is 0 Å². The summed E-state index contributed by atoms with van der Waals surface area (Å²) >= 11 is 0. The number of aliphatic hydroxyl groups excluding tert-OH is 3. The van der Waals surface area contributed by atoms with Crippen molar-refractivity contribution in [2.24, 2.45) is 0 Å². The molecule has 0 radical (unpaired) electrons. The van der Waals surface area contributed by atoms with Crippen molar-refractivity contribution in [1.29, 1.82) is 0 Å². The third-order valence-corrected chi connectivity index (χ3v) is 4.56. The van der Waals surface area contributed by atoms with E-state index in [9.17, 15) is 19.6 Å². The number of aliphatic hydroxyl groups is 3. The Morgan fingerprint density at radius 3 is 2.54 bits per heavy atom. The van der Waals surface area contributed by atoms with Gasteiger partial charge in [-0.3, -0.25) is 9.36 Å². The third kappa shape index (κ3) is 2.43. The minimum Gasteiger partial charge on any atom is -0.394 e. The van der Waals surface area contributed by atoms with Crippen LogP contribution in [0, 0.1) is 0 Å². The summed E-state index contributed by atoms with van der Waals surface area (Å²) in [6.07, 6.45) is -4.07. The average Bonchev–Trinajstić information content (AvgIpc) is 3.00. The Morgan fingerprint density at radius 1 is 1.33 bits per heavy atom. The number of nitrogens with zero attached hydrogens (tertiary/aromatic N) is 4. The number of ether oxygens (including phenoxy) is 1. The monoisotopic (exact) mass is 363 g/mol. The lowest BCUT2D eigenvalue weighted by Crippen LogP contribution is -2.33. The molecule has 2 aromatic heterocycles. The molecule has 132 valence electrons. The fourth-order valence-electron chi connectivity index (χ4n) is 2.52. The molecule has 2 aromatic rings. The van der Waals surface area contributed by atoms with Crippen LogP contribution in [-0.4, -0.2) is 68.9 Å². The zero-order valence-electron chi connectivity index (χ0n) is 11.9. The Balaban J connectivity index is 2.17. The van der Waals surface area contributed by atoms with E-state index in [-0.39, 0.29) is 9.98 Å². The Hall–Kier alpha value is -1.86. The summed E-state index contributed by atoms with van der Waals surface area (Å²) in [4.78, 5) is 38.0. The second-order valence-electron chi connectivity index (χ2n) is 5.15. The summed E-state index contributed by atoms with van der Waals surface area (Å²) < 4.78 is 17.7. The topological polar surface area (TPSA) is 206 Å². The Bertz CT molecular complexity index is 889. The molecule has 1 fully saturated rings.